The average molecular weight is 209 g/mol. The van der Waals surface area contributed by atoms with E-state index in [2.05, 4.69) is 4.98 Å². The van der Waals surface area contributed by atoms with Crippen LogP contribution in [0.15, 0.2) is 12.3 Å². The van der Waals surface area contributed by atoms with Gasteiger partial charge in [0, 0.05) is 6.54 Å². The average Bonchev–Trinajstić information content (AvgIpc) is 3.01. The Morgan fingerprint density at radius 1 is 1.67 bits per heavy atom. The van der Waals surface area contributed by atoms with Crippen molar-refractivity contribution in [2.75, 3.05) is 0 Å². The molecule has 1 aliphatic rings. The van der Waals surface area contributed by atoms with Crippen molar-refractivity contribution in [1.82, 2.24) is 4.98 Å². The molecule has 6 nitrogen and oxygen atoms in total. The van der Waals surface area contributed by atoms with Gasteiger partial charge < -0.3 is 20.6 Å². The Morgan fingerprint density at radius 2 is 2.40 bits per heavy atom. The summed E-state index contributed by atoms with van der Waals surface area (Å²) < 4.78 is 5.51. The summed E-state index contributed by atoms with van der Waals surface area (Å²) in [6.45, 7) is 0.271. The van der Waals surface area contributed by atoms with Crippen LogP contribution in [0.5, 0.6) is 5.75 Å². The quantitative estimate of drug-likeness (QED) is 0.589. The molecule has 2 N–H and O–H groups in total. The molecular weight excluding hydrogens is 198 g/mol. The van der Waals surface area contributed by atoms with Crippen molar-refractivity contribution >= 4 is 5.82 Å². The molecule has 2 rings (SSSR count). The fourth-order valence-electron chi connectivity index (χ4n) is 1.18. The van der Waals surface area contributed by atoms with Gasteiger partial charge in [-0.2, -0.15) is 0 Å². The van der Waals surface area contributed by atoms with E-state index in [1.165, 1.54) is 12.3 Å². The molecule has 0 spiro atoms. The summed E-state index contributed by atoms with van der Waals surface area (Å²) in [4.78, 5) is 13.6. The lowest BCUT2D eigenvalue weighted by atomic mass is 10.2. The van der Waals surface area contributed by atoms with Gasteiger partial charge in [-0.3, -0.25) is 0 Å². The lowest BCUT2D eigenvalue weighted by Crippen LogP contribution is -2.05. The summed E-state index contributed by atoms with van der Waals surface area (Å²) >= 11 is 0. The smallest absolute Gasteiger partial charge is 0.367 e. The third kappa shape index (κ3) is 2.21. The SMILES string of the molecule is NCc1cnc([N+](=O)[O-])cc1OC1CC1. The van der Waals surface area contributed by atoms with Crippen LogP contribution < -0.4 is 10.5 Å². The Balaban J connectivity index is 2.28. The predicted octanol–water partition coefficient (Wildman–Crippen LogP) is 0.990. The van der Waals surface area contributed by atoms with Crippen molar-refractivity contribution in [2.24, 2.45) is 5.73 Å². The van der Waals surface area contributed by atoms with E-state index < -0.39 is 4.92 Å². The van der Waals surface area contributed by atoms with Crippen LogP contribution in [-0.2, 0) is 6.54 Å². The van der Waals surface area contributed by atoms with Crippen LogP contribution in [0.3, 0.4) is 0 Å². The summed E-state index contributed by atoms with van der Waals surface area (Å²) in [6.07, 6.45) is 3.59. The zero-order valence-corrected chi connectivity index (χ0v) is 8.05. The second kappa shape index (κ2) is 3.82. The molecule has 0 amide bonds. The molecule has 0 aromatic carbocycles. The van der Waals surface area contributed by atoms with Gasteiger partial charge >= 0.3 is 5.82 Å². The van der Waals surface area contributed by atoms with Gasteiger partial charge in [-0.15, -0.1) is 0 Å². The molecule has 1 saturated carbocycles. The molecule has 15 heavy (non-hydrogen) atoms. The van der Waals surface area contributed by atoms with Gasteiger partial charge in [-0.25, -0.2) is 0 Å². The van der Waals surface area contributed by atoms with Gasteiger partial charge in [0.15, 0.2) is 0 Å². The van der Waals surface area contributed by atoms with Crippen molar-refractivity contribution in [1.29, 1.82) is 0 Å². The molecule has 0 unspecified atom stereocenters. The van der Waals surface area contributed by atoms with Gasteiger partial charge in [-0.05, 0) is 22.7 Å². The number of nitrogens with two attached hydrogens (primary N) is 1. The highest BCUT2D eigenvalue weighted by atomic mass is 16.6. The number of ether oxygens (including phenoxy) is 1. The maximum Gasteiger partial charge on any atom is 0.367 e. The van der Waals surface area contributed by atoms with Crippen LogP contribution >= 0.6 is 0 Å². The second-order valence-electron chi connectivity index (χ2n) is 3.43. The van der Waals surface area contributed by atoms with Crippen LogP contribution in [0.2, 0.25) is 0 Å². The van der Waals surface area contributed by atoms with Gasteiger partial charge in [0.2, 0.25) is 0 Å². The fourth-order valence-corrected chi connectivity index (χ4v) is 1.18. The normalized spacial score (nSPS) is 15.0. The Bertz CT molecular complexity index is 390. The van der Waals surface area contributed by atoms with Gasteiger partial charge in [0.1, 0.15) is 11.9 Å². The maximum atomic E-state index is 10.5. The van der Waals surface area contributed by atoms with E-state index in [-0.39, 0.29) is 18.5 Å². The monoisotopic (exact) mass is 209 g/mol. The lowest BCUT2D eigenvalue weighted by Gasteiger charge is -2.07. The van der Waals surface area contributed by atoms with Crippen LogP contribution in [-0.4, -0.2) is 16.0 Å². The third-order valence-corrected chi connectivity index (χ3v) is 2.15. The first kappa shape index (κ1) is 9.85. The van der Waals surface area contributed by atoms with E-state index in [9.17, 15) is 10.1 Å². The Labute approximate surface area is 86.2 Å². The molecule has 0 radical (unpaired) electrons. The minimum atomic E-state index is -0.542. The third-order valence-electron chi connectivity index (χ3n) is 2.15. The molecule has 0 atom stereocenters. The van der Waals surface area contributed by atoms with Crippen molar-refractivity contribution in [3.8, 4) is 5.75 Å². The van der Waals surface area contributed by atoms with E-state index in [1.807, 2.05) is 0 Å². The van der Waals surface area contributed by atoms with Crippen molar-refractivity contribution < 1.29 is 9.66 Å². The lowest BCUT2D eigenvalue weighted by molar-refractivity contribution is -0.389. The molecule has 1 aliphatic carbocycles. The molecule has 0 bridgehead atoms. The highest BCUT2D eigenvalue weighted by molar-refractivity contribution is 5.38. The second-order valence-corrected chi connectivity index (χ2v) is 3.43. The molecule has 1 fully saturated rings. The van der Waals surface area contributed by atoms with E-state index in [1.54, 1.807) is 0 Å². The van der Waals surface area contributed by atoms with Gasteiger partial charge in [0.25, 0.3) is 0 Å². The summed E-state index contributed by atoms with van der Waals surface area (Å²) in [5.41, 5.74) is 6.18. The Kier molecular flexibility index (Phi) is 2.51. The number of nitrogens with zero attached hydrogens (tertiary/aromatic N) is 2. The minimum absolute atomic E-state index is 0.192. The largest absolute Gasteiger partial charge is 0.490 e. The standard InChI is InChI=1S/C9H11N3O3/c10-4-6-5-11-9(12(13)14)3-8(6)15-7-1-2-7/h3,5,7H,1-2,4,10H2. The van der Waals surface area contributed by atoms with E-state index in [0.29, 0.717) is 11.3 Å². The van der Waals surface area contributed by atoms with E-state index in [0.717, 1.165) is 12.8 Å². The first-order valence-corrected chi connectivity index (χ1v) is 4.70. The van der Waals surface area contributed by atoms with Crippen LogP contribution in [0, 0.1) is 10.1 Å². The van der Waals surface area contributed by atoms with Gasteiger partial charge in [-0.1, -0.05) is 0 Å². The summed E-state index contributed by atoms with van der Waals surface area (Å²) in [5, 5.41) is 10.5. The van der Waals surface area contributed by atoms with Crippen molar-refractivity contribution in [3.05, 3.63) is 27.9 Å². The van der Waals surface area contributed by atoms with Crippen LogP contribution in [0.1, 0.15) is 18.4 Å². The summed E-state index contributed by atoms with van der Waals surface area (Å²) in [7, 11) is 0. The molecule has 1 heterocycles. The fraction of sp³-hybridized carbons (Fsp3) is 0.444. The van der Waals surface area contributed by atoms with Crippen LogP contribution in [0.4, 0.5) is 5.82 Å². The first-order chi connectivity index (χ1) is 7.20. The molecule has 0 saturated heterocycles. The zero-order chi connectivity index (χ0) is 10.8. The summed E-state index contributed by atoms with van der Waals surface area (Å²) in [5.74, 6) is 0.282. The van der Waals surface area contributed by atoms with Gasteiger partial charge in [0.05, 0.1) is 17.7 Å². The van der Waals surface area contributed by atoms with E-state index >= 15 is 0 Å². The number of pyridine rings is 1. The Hall–Kier alpha value is -1.69. The molecule has 80 valence electrons. The molecule has 1 aromatic rings. The number of rotatable bonds is 4. The molecule has 1 aromatic heterocycles. The molecular formula is C9H11N3O3. The first-order valence-electron chi connectivity index (χ1n) is 4.70. The van der Waals surface area contributed by atoms with E-state index in [4.69, 9.17) is 10.5 Å². The number of hydrogen-bond donors (Lipinski definition) is 1. The van der Waals surface area contributed by atoms with Crippen molar-refractivity contribution in [2.45, 2.75) is 25.5 Å². The number of hydrogen-bond acceptors (Lipinski definition) is 5. The highest BCUT2D eigenvalue weighted by Crippen LogP contribution is 2.30. The topological polar surface area (TPSA) is 91.3 Å². The maximum absolute atomic E-state index is 10.5. The number of nitro groups is 1. The Morgan fingerprint density at radius 3 is 2.93 bits per heavy atom. The predicted molar refractivity (Wildman–Crippen MR) is 52.4 cm³/mol. The number of aromatic nitrogens is 1. The van der Waals surface area contributed by atoms with Crippen LogP contribution in [0.25, 0.3) is 0 Å². The highest BCUT2D eigenvalue weighted by Gasteiger charge is 2.25. The summed E-state index contributed by atoms with van der Waals surface area (Å²) in [6, 6.07) is 1.33. The minimum Gasteiger partial charge on any atom is -0.490 e. The molecule has 0 aliphatic heterocycles. The molecule has 6 heteroatoms. The zero-order valence-electron chi connectivity index (χ0n) is 8.05. The van der Waals surface area contributed by atoms with Crippen molar-refractivity contribution in [3.63, 3.8) is 0 Å².